The van der Waals surface area contributed by atoms with Gasteiger partial charge < -0.3 is 9.73 Å². The molecule has 4 aromatic rings. The molecule has 0 radical (unpaired) electrons. The lowest BCUT2D eigenvalue weighted by Gasteiger charge is -2.23. The first-order chi connectivity index (χ1) is 13.1. The van der Waals surface area contributed by atoms with Gasteiger partial charge in [0.2, 0.25) is 5.91 Å². The lowest BCUT2D eigenvalue weighted by atomic mass is 9.86. The van der Waals surface area contributed by atoms with Gasteiger partial charge in [-0.2, -0.15) is 14.8 Å². The Kier molecular flexibility index (Phi) is 3.36. The number of oxazole rings is 1. The van der Waals surface area contributed by atoms with E-state index in [1.54, 1.807) is 12.1 Å². The lowest BCUT2D eigenvalue weighted by molar-refractivity contribution is -0.116. The summed E-state index contributed by atoms with van der Waals surface area (Å²) >= 11 is 0. The molecule has 7 heteroatoms. The van der Waals surface area contributed by atoms with Crippen molar-refractivity contribution in [3.05, 3.63) is 71.2 Å². The topological polar surface area (TPSA) is 73.0 Å². The highest BCUT2D eigenvalue weighted by Gasteiger charge is 2.33. The standard InChI is InChI=1S/C20H15FN4O2/c1-11-18-14(12-6-8-13(21)9-7-12)10-17(26)23-19(18)25(24-11)20-22-15-4-2-3-5-16(15)27-20/h2-9,14H,10H2,1H3,(H,23,26)/t14-/m0/s1. The first kappa shape index (κ1) is 15.7. The Morgan fingerprint density at radius 2 is 1.96 bits per heavy atom. The molecule has 6 nitrogen and oxygen atoms in total. The Morgan fingerprint density at radius 1 is 1.19 bits per heavy atom. The Morgan fingerprint density at radius 3 is 2.74 bits per heavy atom. The molecule has 0 aliphatic carbocycles. The molecule has 1 atom stereocenters. The van der Waals surface area contributed by atoms with Gasteiger partial charge in [-0.1, -0.05) is 24.3 Å². The van der Waals surface area contributed by atoms with Gasteiger partial charge in [0.15, 0.2) is 5.58 Å². The third-order valence-corrected chi connectivity index (χ3v) is 4.84. The van der Waals surface area contributed by atoms with Crippen LogP contribution >= 0.6 is 0 Å². The van der Waals surface area contributed by atoms with Gasteiger partial charge in [0, 0.05) is 17.9 Å². The maximum Gasteiger partial charge on any atom is 0.325 e. The highest BCUT2D eigenvalue weighted by molar-refractivity contribution is 5.95. The van der Waals surface area contributed by atoms with Crippen molar-refractivity contribution in [3.63, 3.8) is 0 Å². The van der Waals surface area contributed by atoms with Gasteiger partial charge in [-0.15, -0.1) is 0 Å². The average Bonchev–Trinajstić information content (AvgIpc) is 3.23. The summed E-state index contributed by atoms with van der Waals surface area (Å²) in [6, 6.07) is 13.9. The second kappa shape index (κ2) is 5.77. The number of rotatable bonds is 2. The molecular weight excluding hydrogens is 347 g/mol. The molecule has 0 fully saturated rings. The normalized spacial score (nSPS) is 16.4. The fourth-order valence-electron chi connectivity index (χ4n) is 3.62. The van der Waals surface area contributed by atoms with Gasteiger partial charge in [0.05, 0.1) is 5.69 Å². The van der Waals surface area contributed by atoms with E-state index in [0.29, 0.717) is 22.9 Å². The van der Waals surface area contributed by atoms with Crippen molar-refractivity contribution in [1.29, 1.82) is 0 Å². The number of nitrogens with one attached hydrogen (secondary N) is 1. The first-order valence-electron chi connectivity index (χ1n) is 8.61. The van der Waals surface area contributed by atoms with Crippen LogP contribution in [0.5, 0.6) is 0 Å². The minimum atomic E-state index is -0.307. The lowest BCUT2D eigenvalue weighted by Crippen LogP contribution is -2.25. The summed E-state index contributed by atoms with van der Waals surface area (Å²) < 4.78 is 20.7. The average molecular weight is 362 g/mol. The van der Waals surface area contributed by atoms with Crippen LogP contribution in [0.1, 0.15) is 29.2 Å². The number of benzene rings is 2. The Bertz CT molecular complexity index is 1140. The van der Waals surface area contributed by atoms with Crippen LogP contribution in [-0.2, 0) is 4.79 Å². The second-order valence-corrected chi connectivity index (χ2v) is 6.58. The van der Waals surface area contributed by atoms with Crippen LogP contribution in [0.2, 0.25) is 0 Å². The first-order valence-corrected chi connectivity index (χ1v) is 8.61. The van der Waals surface area contributed by atoms with E-state index >= 15 is 0 Å². The molecule has 1 amide bonds. The number of para-hydroxylation sites is 2. The molecule has 5 rings (SSSR count). The SMILES string of the molecule is Cc1nn(-c2nc3ccccc3o2)c2c1[C@H](c1ccc(F)cc1)CC(=O)N2. The molecule has 0 spiro atoms. The molecule has 2 aromatic carbocycles. The molecule has 0 saturated carbocycles. The van der Waals surface area contributed by atoms with Gasteiger partial charge in [-0.25, -0.2) is 4.39 Å². The van der Waals surface area contributed by atoms with Crippen LogP contribution in [0.25, 0.3) is 17.1 Å². The van der Waals surface area contributed by atoms with Crippen LogP contribution in [0.3, 0.4) is 0 Å². The summed E-state index contributed by atoms with van der Waals surface area (Å²) in [5.41, 5.74) is 3.89. The monoisotopic (exact) mass is 362 g/mol. The predicted molar refractivity (Wildman–Crippen MR) is 97.4 cm³/mol. The number of aryl methyl sites for hydroxylation is 1. The van der Waals surface area contributed by atoms with E-state index in [1.165, 1.54) is 16.8 Å². The van der Waals surface area contributed by atoms with Gasteiger partial charge in [-0.3, -0.25) is 4.79 Å². The highest BCUT2D eigenvalue weighted by atomic mass is 19.1. The van der Waals surface area contributed by atoms with Crippen molar-refractivity contribution in [2.24, 2.45) is 0 Å². The summed E-state index contributed by atoms with van der Waals surface area (Å²) in [4.78, 5) is 16.8. The van der Waals surface area contributed by atoms with Crippen molar-refractivity contribution in [2.45, 2.75) is 19.3 Å². The largest absolute Gasteiger partial charge is 0.422 e. The molecule has 0 unspecified atom stereocenters. The minimum absolute atomic E-state index is 0.130. The zero-order valence-corrected chi connectivity index (χ0v) is 14.4. The van der Waals surface area contributed by atoms with Gasteiger partial charge >= 0.3 is 6.01 Å². The molecule has 0 bridgehead atoms. The van der Waals surface area contributed by atoms with Crippen molar-refractivity contribution in [2.75, 3.05) is 5.32 Å². The molecule has 1 N–H and O–H groups in total. The van der Waals surface area contributed by atoms with Gasteiger partial charge in [-0.05, 0) is 36.8 Å². The maximum atomic E-state index is 13.3. The Hall–Kier alpha value is -3.48. The number of hydrogen-bond acceptors (Lipinski definition) is 4. The molecule has 3 heterocycles. The van der Waals surface area contributed by atoms with Gasteiger partial charge in [0.25, 0.3) is 0 Å². The Labute approximate surface area is 153 Å². The Balaban J connectivity index is 1.67. The van der Waals surface area contributed by atoms with Crippen molar-refractivity contribution in [1.82, 2.24) is 14.8 Å². The summed E-state index contributed by atoms with van der Waals surface area (Å²) in [6.45, 7) is 1.88. The summed E-state index contributed by atoms with van der Waals surface area (Å²) in [6.07, 6.45) is 0.277. The van der Waals surface area contributed by atoms with E-state index in [0.717, 1.165) is 16.8 Å². The van der Waals surface area contributed by atoms with E-state index < -0.39 is 0 Å². The van der Waals surface area contributed by atoms with Crippen molar-refractivity contribution < 1.29 is 13.6 Å². The van der Waals surface area contributed by atoms with E-state index in [2.05, 4.69) is 15.4 Å². The third kappa shape index (κ3) is 2.51. The van der Waals surface area contributed by atoms with Gasteiger partial charge in [0.1, 0.15) is 17.2 Å². The number of carbonyl (C=O) groups is 1. The number of halogens is 1. The molecule has 27 heavy (non-hydrogen) atoms. The van der Waals surface area contributed by atoms with E-state index in [4.69, 9.17) is 4.42 Å². The van der Waals surface area contributed by atoms with E-state index in [9.17, 15) is 9.18 Å². The molecule has 0 saturated heterocycles. The van der Waals surface area contributed by atoms with Crippen LogP contribution in [0, 0.1) is 12.7 Å². The summed E-state index contributed by atoms with van der Waals surface area (Å²) in [5, 5.41) is 7.45. The van der Waals surface area contributed by atoms with Crippen molar-refractivity contribution >= 4 is 22.8 Å². The molecular formula is C20H15FN4O2. The summed E-state index contributed by atoms with van der Waals surface area (Å²) in [7, 11) is 0. The van der Waals surface area contributed by atoms with E-state index in [-0.39, 0.29) is 24.1 Å². The van der Waals surface area contributed by atoms with Crippen LogP contribution in [0.4, 0.5) is 10.2 Å². The number of fused-ring (bicyclic) bond motifs is 2. The quantitative estimate of drug-likeness (QED) is 0.586. The van der Waals surface area contributed by atoms with E-state index in [1.807, 2.05) is 31.2 Å². The number of aromatic nitrogens is 3. The smallest absolute Gasteiger partial charge is 0.325 e. The maximum absolute atomic E-state index is 13.3. The number of anilines is 1. The molecule has 2 aromatic heterocycles. The minimum Gasteiger partial charge on any atom is -0.422 e. The zero-order chi connectivity index (χ0) is 18.5. The van der Waals surface area contributed by atoms with Crippen molar-refractivity contribution in [3.8, 4) is 6.01 Å². The fourth-order valence-corrected chi connectivity index (χ4v) is 3.62. The second-order valence-electron chi connectivity index (χ2n) is 6.58. The molecule has 1 aliphatic heterocycles. The fraction of sp³-hybridized carbons (Fsp3) is 0.150. The highest BCUT2D eigenvalue weighted by Crippen LogP contribution is 2.40. The molecule has 1 aliphatic rings. The van der Waals surface area contributed by atoms with Crippen LogP contribution in [-0.4, -0.2) is 20.7 Å². The van der Waals surface area contributed by atoms with Crippen LogP contribution in [0.15, 0.2) is 52.9 Å². The predicted octanol–water partition coefficient (Wildman–Crippen LogP) is 3.94. The van der Waals surface area contributed by atoms with Crippen LogP contribution < -0.4 is 5.32 Å². The zero-order valence-electron chi connectivity index (χ0n) is 14.4. The third-order valence-electron chi connectivity index (χ3n) is 4.84. The summed E-state index contributed by atoms with van der Waals surface area (Å²) in [5.74, 6) is -0.0932. The number of nitrogens with zero attached hydrogens (tertiary/aromatic N) is 3. The number of carbonyl (C=O) groups excluding carboxylic acids is 1. The number of amides is 1. The number of hydrogen-bond donors (Lipinski definition) is 1. The molecule has 134 valence electrons.